The molecule has 0 N–H and O–H groups in total. The molecule has 1 aromatic rings. The Morgan fingerprint density at radius 3 is 2.39 bits per heavy atom. The summed E-state index contributed by atoms with van der Waals surface area (Å²) in [7, 11) is 1.33. The molecule has 0 unspecified atom stereocenters. The van der Waals surface area contributed by atoms with E-state index in [1.807, 2.05) is 4.90 Å². The summed E-state index contributed by atoms with van der Waals surface area (Å²) in [6, 6.07) is 6.51. The van der Waals surface area contributed by atoms with Crippen molar-refractivity contribution in [2.75, 3.05) is 26.9 Å². The largest absolute Gasteiger partial charge is 0.465 e. The molecule has 2 aliphatic rings. The average Bonchev–Trinajstić information content (AvgIpc) is 3.15. The smallest absolute Gasteiger partial charge is 0.337 e. The van der Waals surface area contributed by atoms with Crippen molar-refractivity contribution in [1.29, 1.82) is 0 Å². The van der Waals surface area contributed by atoms with Gasteiger partial charge in [-0.15, -0.1) is 0 Å². The molecule has 1 aromatic carbocycles. The van der Waals surface area contributed by atoms with Gasteiger partial charge in [-0.25, -0.2) is 4.79 Å². The van der Waals surface area contributed by atoms with Crippen LogP contribution >= 0.6 is 0 Å². The van der Waals surface area contributed by atoms with E-state index in [1.54, 1.807) is 24.3 Å². The second-order valence-electron chi connectivity index (χ2n) is 5.74. The van der Waals surface area contributed by atoms with Crippen molar-refractivity contribution in [3.05, 3.63) is 35.4 Å². The van der Waals surface area contributed by atoms with E-state index < -0.39 is 5.97 Å². The molecule has 0 bridgehead atoms. The van der Waals surface area contributed by atoms with Gasteiger partial charge in [-0.05, 0) is 43.5 Å². The van der Waals surface area contributed by atoms with E-state index in [1.165, 1.54) is 7.11 Å². The third-order valence-corrected chi connectivity index (χ3v) is 4.32. The predicted molar refractivity (Wildman–Crippen MR) is 82.1 cm³/mol. The van der Waals surface area contributed by atoms with Gasteiger partial charge >= 0.3 is 5.97 Å². The molecular formula is C17H21NO5. The van der Waals surface area contributed by atoms with Crippen LogP contribution in [0.5, 0.6) is 0 Å². The molecule has 3 rings (SSSR count). The quantitative estimate of drug-likeness (QED) is 0.796. The number of nitrogens with zero attached hydrogens (tertiary/aromatic N) is 1. The molecule has 2 saturated heterocycles. The first-order chi connectivity index (χ1) is 11.2. The fraction of sp³-hybridized carbons (Fsp3) is 0.529. The molecule has 2 heterocycles. The Kier molecular flexibility index (Phi) is 4.93. The fourth-order valence-corrected chi connectivity index (χ4v) is 3.12. The van der Waals surface area contributed by atoms with E-state index in [2.05, 4.69) is 4.74 Å². The molecule has 6 heteroatoms. The molecule has 1 atom stereocenters. The lowest BCUT2D eigenvalue weighted by molar-refractivity contribution is -0.100. The van der Waals surface area contributed by atoms with E-state index >= 15 is 0 Å². The number of carbonyl (C=O) groups is 2. The SMILES string of the molecule is COC(=O)c1ccc(C(=O)N2CCCC[C@H]2C2OCCO2)cc1. The zero-order valence-corrected chi connectivity index (χ0v) is 13.2. The molecule has 6 nitrogen and oxygen atoms in total. The second-order valence-corrected chi connectivity index (χ2v) is 5.74. The lowest BCUT2D eigenvalue weighted by atomic mass is 10.00. The highest BCUT2D eigenvalue weighted by molar-refractivity contribution is 5.96. The van der Waals surface area contributed by atoms with Crippen molar-refractivity contribution >= 4 is 11.9 Å². The number of rotatable bonds is 3. The van der Waals surface area contributed by atoms with Crippen LogP contribution in [0, 0.1) is 0 Å². The minimum Gasteiger partial charge on any atom is -0.465 e. The monoisotopic (exact) mass is 319 g/mol. The van der Waals surface area contributed by atoms with E-state index in [-0.39, 0.29) is 18.2 Å². The number of hydrogen-bond donors (Lipinski definition) is 0. The minimum atomic E-state index is -0.410. The first-order valence-corrected chi connectivity index (χ1v) is 7.93. The summed E-state index contributed by atoms with van der Waals surface area (Å²) in [6.07, 6.45) is 2.61. The summed E-state index contributed by atoms with van der Waals surface area (Å²) in [4.78, 5) is 26.1. The number of esters is 1. The van der Waals surface area contributed by atoms with E-state index in [0.717, 1.165) is 19.3 Å². The zero-order valence-electron chi connectivity index (χ0n) is 13.2. The maximum Gasteiger partial charge on any atom is 0.337 e. The van der Waals surface area contributed by atoms with Crippen LogP contribution in [0.4, 0.5) is 0 Å². The molecule has 0 saturated carbocycles. The molecule has 1 amide bonds. The Labute approximate surface area is 135 Å². The molecule has 0 radical (unpaired) electrons. The predicted octanol–water partition coefficient (Wildman–Crippen LogP) is 1.84. The van der Waals surface area contributed by atoms with Crippen LogP contribution in [-0.2, 0) is 14.2 Å². The van der Waals surface area contributed by atoms with Gasteiger partial charge in [0.05, 0.1) is 31.9 Å². The van der Waals surface area contributed by atoms with Gasteiger partial charge in [0.2, 0.25) is 0 Å². The normalized spacial score (nSPS) is 22.1. The Balaban J connectivity index is 1.75. The van der Waals surface area contributed by atoms with E-state index in [0.29, 0.717) is 30.9 Å². The zero-order chi connectivity index (χ0) is 16.2. The van der Waals surface area contributed by atoms with Gasteiger partial charge in [-0.2, -0.15) is 0 Å². The van der Waals surface area contributed by atoms with Crippen molar-refractivity contribution in [1.82, 2.24) is 4.90 Å². The molecular weight excluding hydrogens is 298 g/mol. The Hall–Kier alpha value is -1.92. The van der Waals surface area contributed by atoms with Crippen molar-refractivity contribution in [3.63, 3.8) is 0 Å². The van der Waals surface area contributed by atoms with Crippen LogP contribution in [0.15, 0.2) is 24.3 Å². The van der Waals surface area contributed by atoms with E-state index in [4.69, 9.17) is 9.47 Å². The van der Waals surface area contributed by atoms with Crippen molar-refractivity contribution in [2.45, 2.75) is 31.6 Å². The molecule has 0 aromatic heterocycles. The number of piperidine rings is 1. The summed E-state index contributed by atoms with van der Waals surface area (Å²) in [5.74, 6) is -0.460. The maximum absolute atomic E-state index is 12.8. The standard InChI is InChI=1S/C17H21NO5/c1-21-16(20)13-7-5-12(6-8-13)15(19)18-9-3-2-4-14(18)17-22-10-11-23-17/h5-8,14,17H,2-4,9-11H2,1H3/t14-/m0/s1. The lowest BCUT2D eigenvalue weighted by Crippen LogP contribution is -2.50. The van der Waals surface area contributed by atoms with E-state index in [9.17, 15) is 9.59 Å². The van der Waals surface area contributed by atoms with Crippen LogP contribution in [0.2, 0.25) is 0 Å². The summed E-state index contributed by atoms with van der Waals surface area (Å²) in [5.41, 5.74) is 0.990. The first-order valence-electron chi connectivity index (χ1n) is 7.93. The number of amides is 1. The highest BCUT2D eigenvalue weighted by atomic mass is 16.7. The highest BCUT2D eigenvalue weighted by Gasteiger charge is 2.36. The van der Waals surface area contributed by atoms with Crippen LogP contribution in [0.3, 0.4) is 0 Å². The van der Waals surface area contributed by atoms with Crippen LogP contribution in [0.25, 0.3) is 0 Å². The van der Waals surface area contributed by atoms with Gasteiger partial charge in [0.15, 0.2) is 6.29 Å². The van der Waals surface area contributed by atoms with Crippen molar-refractivity contribution in [2.24, 2.45) is 0 Å². The van der Waals surface area contributed by atoms with Gasteiger partial charge in [-0.3, -0.25) is 4.79 Å². The third kappa shape index (κ3) is 3.38. The van der Waals surface area contributed by atoms with Crippen molar-refractivity contribution < 1.29 is 23.8 Å². The average molecular weight is 319 g/mol. The number of carbonyl (C=O) groups excluding carboxylic acids is 2. The molecule has 23 heavy (non-hydrogen) atoms. The van der Waals surface area contributed by atoms with Gasteiger partial charge in [0.25, 0.3) is 5.91 Å². The lowest BCUT2D eigenvalue weighted by Gasteiger charge is -2.38. The molecule has 124 valence electrons. The van der Waals surface area contributed by atoms with Gasteiger partial charge < -0.3 is 19.1 Å². The van der Waals surface area contributed by atoms with Crippen molar-refractivity contribution in [3.8, 4) is 0 Å². The number of hydrogen-bond acceptors (Lipinski definition) is 5. The number of likely N-dealkylation sites (tertiary alicyclic amines) is 1. The Morgan fingerprint density at radius 1 is 1.09 bits per heavy atom. The molecule has 0 spiro atoms. The number of ether oxygens (including phenoxy) is 3. The van der Waals surface area contributed by atoms with Crippen LogP contribution < -0.4 is 0 Å². The topological polar surface area (TPSA) is 65.1 Å². The minimum absolute atomic E-state index is 0.0426. The van der Waals surface area contributed by atoms with Gasteiger partial charge in [0.1, 0.15) is 0 Å². The van der Waals surface area contributed by atoms with Gasteiger partial charge in [0, 0.05) is 12.1 Å². The molecule has 0 aliphatic carbocycles. The summed E-state index contributed by atoms with van der Waals surface area (Å²) < 4.78 is 15.9. The molecule has 2 fully saturated rings. The van der Waals surface area contributed by atoms with Gasteiger partial charge in [-0.1, -0.05) is 0 Å². The van der Waals surface area contributed by atoms with Crippen LogP contribution in [-0.4, -0.2) is 56.0 Å². The Morgan fingerprint density at radius 2 is 1.74 bits per heavy atom. The maximum atomic E-state index is 12.8. The molecule has 2 aliphatic heterocycles. The summed E-state index contributed by atoms with van der Waals surface area (Å²) in [5, 5.41) is 0. The summed E-state index contributed by atoms with van der Waals surface area (Å²) >= 11 is 0. The third-order valence-electron chi connectivity index (χ3n) is 4.32. The number of benzene rings is 1. The summed E-state index contributed by atoms with van der Waals surface area (Å²) in [6.45, 7) is 1.86. The highest BCUT2D eigenvalue weighted by Crippen LogP contribution is 2.26. The second kappa shape index (κ2) is 7.10. The first kappa shape index (κ1) is 16.0. The number of methoxy groups -OCH3 is 1. The van der Waals surface area contributed by atoms with Crippen LogP contribution in [0.1, 0.15) is 40.0 Å². The fourth-order valence-electron chi connectivity index (χ4n) is 3.12. The Bertz CT molecular complexity index is 565.